The minimum absolute atomic E-state index is 0.230. The third-order valence-corrected chi connectivity index (χ3v) is 3.99. The van der Waals surface area contributed by atoms with Gasteiger partial charge in [-0.2, -0.15) is 0 Å². The van der Waals surface area contributed by atoms with E-state index in [1.807, 2.05) is 24.4 Å². The van der Waals surface area contributed by atoms with Crippen molar-refractivity contribution in [3.8, 4) is 0 Å². The zero-order valence-corrected chi connectivity index (χ0v) is 13.3. The van der Waals surface area contributed by atoms with E-state index in [1.54, 1.807) is 18.2 Å². The van der Waals surface area contributed by atoms with Crippen LogP contribution in [0.25, 0.3) is 10.9 Å². The summed E-state index contributed by atoms with van der Waals surface area (Å²) in [7, 11) is 0. The SMILES string of the molecule is O=C(NCCc1ccccc1F)NCCc1c[nH]c2ccccc12. The molecule has 4 nitrogen and oxygen atoms in total. The Morgan fingerprint density at radius 3 is 2.38 bits per heavy atom. The van der Waals surface area contributed by atoms with E-state index in [4.69, 9.17) is 0 Å². The zero-order chi connectivity index (χ0) is 16.8. The fraction of sp³-hybridized carbons (Fsp3) is 0.211. The summed E-state index contributed by atoms with van der Waals surface area (Å²) in [6, 6.07) is 14.5. The molecule has 0 aliphatic carbocycles. The standard InChI is InChI=1S/C19H20FN3O/c20-17-7-3-1-5-14(17)9-11-21-19(24)22-12-10-15-13-23-18-8-4-2-6-16(15)18/h1-8,13,23H,9-12H2,(H2,21,22,24). The van der Waals surface area contributed by atoms with Gasteiger partial charge in [0, 0.05) is 30.2 Å². The number of aromatic amines is 1. The molecule has 0 aliphatic rings. The number of aromatic nitrogens is 1. The molecule has 0 atom stereocenters. The topological polar surface area (TPSA) is 56.9 Å². The van der Waals surface area contributed by atoms with E-state index >= 15 is 0 Å². The van der Waals surface area contributed by atoms with Gasteiger partial charge in [-0.3, -0.25) is 0 Å². The van der Waals surface area contributed by atoms with Crippen molar-refractivity contribution < 1.29 is 9.18 Å². The van der Waals surface area contributed by atoms with Gasteiger partial charge in [0.25, 0.3) is 0 Å². The van der Waals surface area contributed by atoms with Gasteiger partial charge in [-0.15, -0.1) is 0 Å². The maximum Gasteiger partial charge on any atom is 0.314 e. The molecule has 0 unspecified atom stereocenters. The molecule has 2 amide bonds. The molecule has 1 aromatic heterocycles. The highest BCUT2D eigenvalue weighted by atomic mass is 19.1. The Morgan fingerprint density at radius 2 is 1.58 bits per heavy atom. The Hall–Kier alpha value is -2.82. The predicted octanol–water partition coefficient (Wildman–Crippen LogP) is 3.39. The number of hydrogen-bond donors (Lipinski definition) is 3. The molecule has 0 saturated carbocycles. The maximum atomic E-state index is 13.5. The fourth-order valence-corrected chi connectivity index (χ4v) is 2.72. The molecule has 0 bridgehead atoms. The number of hydrogen-bond acceptors (Lipinski definition) is 1. The highest BCUT2D eigenvalue weighted by Gasteiger charge is 2.05. The first-order valence-corrected chi connectivity index (χ1v) is 8.04. The van der Waals surface area contributed by atoms with Gasteiger partial charge in [0.1, 0.15) is 5.82 Å². The van der Waals surface area contributed by atoms with Gasteiger partial charge in [-0.1, -0.05) is 36.4 Å². The summed E-state index contributed by atoms with van der Waals surface area (Å²) in [5.74, 6) is -0.237. The van der Waals surface area contributed by atoms with Crippen molar-refractivity contribution in [2.45, 2.75) is 12.8 Å². The van der Waals surface area contributed by atoms with Crippen LogP contribution in [-0.2, 0) is 12.8 Å². The first-order chi connectivity index (χ1) is 11.7. The molecule has 5 heteroatoms. The van der Waals surface area contributed by atoms with Crippen LogP contribution in [0.1, 0.15) is 11.1 Å². The molecule has 0 saturated heterocycles. The van der Waals surface area contributed by atoms with Crippen LogP contribution in [0.4, 0.5) is 9.18 Å². The monoisotopic (exact) mass is 325 g/mol. The Kier molecular flexibility index (Phi) is 5.11. The Labute approximate surface area is 140 Å². The van der Waals surface area contributed by atoms with Crippen LogP contribution < -0.4 is 10.6 Å². The van der Waals surface area contributed by atoms with Crippen molar-refractivity contribution in [1.29, 1.82) is 0 Å². The second-order valence-electron chi connectivity index (χ2n) is 5.63. The van der Waals surface area contributed by atoms with Crippen LogP contribution in [0, 0.1) is 5.82 Å². The molecule has 0 radical (unpaired) electrons. The van der Waals surface area contributed by atoms with Crippen LogP contribution in [0.15, 0.2) is 54.7 Å². The summed E-state index contributed by atoms with van der Waals surface area (Å²) >= 11 is 0. The van der Waals surface area contributed by atoms with E-state index in [9.17, 15) is 9.18 Å². The highest BCUT2D eigenvalue weighted by Crippen LogP contribution is 2.17. The second-order valence-corrected chi connectivity index (χ2v) is 5.63. The number of rotatable bonds is 6. The number of para-hydroxylation sites is 1. The van der Waals surface area contributed by atoms with E-state index in [0.717, 1.165) is 11.9 Å². The largest absolute Gasteiger partial charge is 0.361 e. The minimum atomic E-state index is -0.237. The summed E-state index contributed by atoms with van der Waals surface area (Å²) in [5, 5.41) is 6.76. The molecule has 2 aromatic carbocycles. The first-order valence-electron chi connectivity index (χ1n) is 8.04. The molecule has 3 rings (SSSR count). The molecule has 3 aromatic rings. The van der Waals surface area contributed by atoms with Crippen LogP contribution in [-0.4, -0.2) is 24.1 Å². The Morgan fingerprint density at radius 1 is 0.917 bits per heavy atom. The van der Waals surface area contributed by atoms with E-state index in [2.05, 4.69) is 21.7 Å². The zero-order valence-electron chi connectivity index (χ0n) is 13.3. The molecule has 0 fully saturated rings. The Bertz CT molecular complexity index is 828. The average Bonchev–Trinajstić information content (AvgIpc) is 3.00. The number of amides is 2. The average molecular weight is 325 g/mol. The second kappa shape index (κ2) is 7.64. The van der Waals surface area contributed by atoms with Crippen LogP contribution in [0.2, 0.25) is 0 Å². The van der Waals surface area contributed by atoms with Crippen molar-refractivity contribution in [3.63, 3.8) is 0 Å². The molecule has 124 valence electrons. The smallest absolute Gasteiger partial charge is 0.314 e. The number of halogens is 1. The maximum absolute atomic E-state index is 13.5. The lowest BCUT2D eigenvalue weighted by molar-refractivity contribution is 0.241. The predicted molar refractivity (Wildman–Crippen MR) is 93.5 cm³/mol. The van der Waals surface area contributed by atoms with Crippen LogP contribution >= 0.6 is 0 Å². The lowest BCUT2D eigenvalue weighted by Gasteiger charge is -2.08. The summed E-state index contributed by atoms with van der Waals surface area (Å²) in [4.78, 5) is 15.0. The lowest BCUT2D eigenvalue weighted by Crippen LogP contribution is -2.37. The van der Waals surface area contributed by atoms with E-state index in [-0.39, 0.29) is 11.8 Å². The quantitative estimate of drug-likeness (QED) is 0.639. The molecule has 0 aliphatic heterocycles. The van der Waals surface area contributed by atoms with Crippen molar-refractivity contribution in [2.75, 3.05) is 13.1 Å². The van der Waals surface area contributed by atoms with Gasteiger partial charge in [0.2, 0.25) is 0 Å². The summed E-state index contributed by atoms with van der Waals surface area (Å²) in [6.07, 6.45) is 3.20. The number of benzene rings is 2. The molecular formula is C19H20FN3O. The highest BCUT2D eigenvalue weighted by molar-refractivity contribution is 5.83. The van der Waals surface area contributed by atoms with Gasteiger partial charge >= 0.3 is 6.03 Å². The summed E-state index contributed by atoms with van der Waals surface area (Å²) in [6.45, 7) is 0.952. The molecular weight excluding hydrogens is 305 g/mol. The van der Waals surface area contributed by atoms with Gasteiger partial charge in [0.15, 0.2) is 0 Å². The van der Waals surface area contributed by atoms with Crippen LogP contribution in [0.3, 0.4) is 0 Å². The third-order valence-electron chi connectivity index (χ3n) is 3.99. The first kappa shape index (κ1) is 16.1. The normalized spacial score (nSPS) is 10.7. The molecule has 3 N–H and O–H groups in total. The van der Waals surface area contributed by atoms with Gasteiger partial charge in [-0.25, -0.2) is 9.18 Å². The van der Waals surface area contributed by atoms with Crippen molar-refractivity contribution in [1.82, 2.24) is 15.6 Å². The van der Waals surface area contributed by atoms with Crippen LogP contribution in [0.5, 0.6) is 0 Å². The number of carbonyl (C=O) groups excluding carboxylic acids is 1. The van der Waals surface area contributed by atoms with Crippen molar-refractivity contribution in [3.05, 3.63) is 71.7 Å². The molecule has 0 spiro atoms. The lowest BCUT2D eigenvalue weighted by atomic mass is 10.1. The van der Waals surface area contributed by atoms with E-state index in [1.165, 1.54) is 17.0 Å². The number of urea groups is 1. The van der Waals surface area contributed by atoms with E-state index < -0.39 is 0 Å². The Balaban J connectivity index is 1.41. The van der Waals surface area contributed by atoms with Crippen molar-refractivity contribution in [2.24, 2.45) is 0 Å². The van der Waals surface area contributed by atoms with Gasteiger partial charge < -0.3 is 15.6 Å². The number of fused-ring (bicyclic) bond motifs is 1. The molecule has 24 heavy (non-hydrogen) atoms. The molecule has 1 heterocycles. The van der Waals surface area contributed by atoms with Gasteiger partial charge in [-0.05, 0) is 36.1 Å². The number of carbonyl (C=O) groups is 1. The summed E-state index contributed by atoms with van der Waals surface area (Å²) in [5.41, 5.74) is 2.88. The van der Waals surface area contributed by atoms with E-state index in [0.29, 0.717) is 25.1 Å². The van der Waals surface area contributed by atoms with Crippen molar-refractivity contribution >= 4 is 16.9 Å². The number of nitrogens with one attached hydrogen (secondary N) is 3. The third kappa shape index (κ3) is 3.93. The minimum Gasteiger partial charge on any atom is -0.361 e. The number of H-pyrrole nitrogens is 1. The van der Waals surface area contributed by atoms with Gasteiger partial charge in [0.05, 0.1) is 0 Å². The fourth-order valence-electron chi connectivity index (χ4n) is 2.72. The summed E-state index contributed by atoms with van der Waals surface area (Å²) < 4.78 is 13.5.